The smallest absolute Gasteiger partial charge is 0.183 e. The van der Waals surface area contributed by atoms with E-state index in [9.17, 15) is 0 Å². The first-order chi connectivity index (χ1) is 9.79. The molecule has 0 radical (unpaired) electrons. The highest BCUT2D eigenvalue weighted by atomic mass is 16.7. The second-order valence-electron chi connectivity index (χ2n) is 6.28. The maximum atomic E-state index is 6.03. The summed E-state index contributed by atoms with van der Waals surface area (Å²) in [5.41, 5.74) is 1.31. The van der Waals surface area contributed by atoms with Crippen molar-refractivity contribution in [1.29, 1.82) is 0 Å². The van der Waals surface area contributed by atoms with E-state index in [0.717, 1.165) is 30.4 Å². The molecule has 2 atom stereocenters. The van der Waals surface area contributed by atoms with Crippen LogP contribution >= 0.6 is 0 Å². The van der Waals surface area contributed by atoms with E-state index in [4.69, 9.17) is 14.2 Å². The second kappa shape index (κ2) is 4.61. The van der Waals surface area contributed by atoms with Gasteiger partial charge in [-0.2, -0.15) is 0 Å². The molecule has 2 aliphatic carbocycles. The Labute approximate surface area is 119 Å². The first kappa shape index (κ1) is 12.4. The van der Waals surface area contributed by atoms with Gasteiger partial charge in [0.25, 0.3) is 0 Å². The molecule has 3 heteroatoms. The molecule has 3 nitrogen and oxygen atoms in total. The summed E-state index contributed by atoms with van der Waals surface area (Å²) in [6, 6.07) is 7.93. The Morgan fingerprint density at radius 3 is 2.40 bits per heavy atom. The van der Waals surface area contributed by atoms with Gasteiger partial charge in [-0.15, -0.1) is 0 Å². The van der Waals surface area contributed by atoms with Crippen LogP contribution in [0.5, 0.6) is 5.75 Å². The largest absolute Gasteiger partial charge is 0.497 e. The Kier molecular flexibility index (Phi) is 2.86. The average molecular weight is 272 g/mol. The van der Waals surface area contributed by atoms with E-state index in [2.05, 4.69) is 12.2 Å². The molecule has 106 valence electrons. The molecule has 3 aliphatic rings. The van der Waals surface area contributed by atoms with Crippen molar-refractivity contribution < 1.29 is 14.2 Å². The zero-order valence-electron chi connectivity index (χ0n) is 11.7. The molecule has 0 amide bonds. The lowest BCUT2D eigenvalue weighted by molar-refractivity contribution is -0.239. The normalized spacial score (nSPS) is 38.5. The minimum absolute atomic E-state index is 0.227. The summed E-state index contributed by atoms with van der Waals surface area (Å²) in [6.07, 6.45) is 7.03. The fraction of sp³-hybridized carbons (Fsp3) is 0.529. The molecule has 1 spiro atoms. The third-order valence-corrected chi connectivity index (χ3v) is 5.06. The summed E-state index contributed by atoms with van der Waals surface area (Å²) in [4.78, 5) is 0. The van der Waals surface area contributed by atoms with E-state index >= 15 is 0 Å². The summed E-state index contributed by atoms with van der Waals surface area (Å²) in [5, 5.41) is 0. The standard InChI is InChI=1S/C17H20O3/c1-18-15-6-3-13(4-7-15)16-19-10-17(11-20-16)9-12-2-5-14(17)8-12/h2-7,12,14,16H,8-11H2,1H3. The molecule has 1 aromatic rings. The van der Waals surface area contributed by atoms with Crippen molar-refractivity contribution in [3.05, 3.63) is 42.0 Å². The van der Waals surface area contributed by atoms with Crippen molar-refractivity contribution in [1.82, 2.24) is 0 Å². The quantitative estimate of drug-likeness (QED) is 0.773. The number of rotatable bonds is 2. The van der Waals surface area contributed by atoms with Crippen LogP contribution in [0.15, 0.2) is 36.4 Å². The minimum Gasteiger partial charge on any atom is -0.497 e. The molecule has 1 aromatic carbocycles. The first-order valence-corrected chi connectivity index (χ1v) is 7.35. The van der Waals surface area contributed by atoms with E-state index in [0.29, 0.717) is 5.92 Å². The highest BCUT2D eigenvalue weighted by Gasteiger charge is 2.51. The van der Waals surface area contributed by atoms with Gasteiger partial charge < -0.3 is 14.2 Å². The van der Waals surface area contributed by atoms with Crippen LogP contribution in [-0.2, 0) is 9.47 Å². The van der Waals surface area contributed by atoms with Gasteiger partial charge in [-0.1, -0.05) is 24.3 Å². The Balaban J connectivity index is 1.45. The first-order valence-electron chi connectivity index (χ1n) is 7.35. The molecule has 1 heterocycles. The molecule has 4 rings (SSSR count). The van der Waals surface area contributed by atoms with Gasteiger partial charge in [-0.25, -0.2) is 0 Å². The van der Waals surface area contributed by atoms with Crippen molar-refractivity contribution in [3.8, 4) is 5.75 Å². The predicted molar refractivity (Wildman–Crippen MR) is 75.4 cm³/mol. The van der Waals surface area contributed by atoms with Crippen molar-refractivity contribution in [2.45, 2.75) is 19.1 Å². The Bertz CT molecular complexity index is 512. The topological polar surface area (TPSA) is 27.7 Å². The van der Waals surface area contributed by atoms with Crippen molar-refractivity contribution in [2.75, 3.05) is 20.3 Å². The van der Waals surface area contributed by atoms with Crippen LogP contribution < -0.4 is 4.74 Å². The van der Waals surface area contributed by atoms with Gasteiger partial charge in [-0.3, -0.25) is 0 Å². The van der Waals surface area contributed by atoms with Crippen LogP contribution in [0.1, 0.15) is 24.7 Å². The summed E-state index contributed by atoms with van der Waals surface area (Å²) in [5.74, 6) is 2.27. The van der Waals surface area contributed by atoms with Crippen molar-refractivity contribution in [3.63, 3.8) is 0 Å². The summed E-state index contributed by atoms with van der Waals surface area (Å²) < 4.78 is 17.2. The Morgan fingerprint density at radius 2 is 1.85 bits per heavy atom. The van der Waals surface area contributed by atoms with Crippen LogP contribution in [0.2, 0.25) is 0 Å². The predicted octanol–water partition coefficient (Wildman–Crippen LogP) is 3.32. The fourth-order valence-corrected chi connectivity index (χ4v) is 3.91. The molecule has 0 N–H and O–H groups in total. The van der Waals surface area contributed by atoms with E-state index in [1.165, 1.54) is 12.8 Å². The van der Waals surface area contributed by atoms with Crippen molar-refractivity contribution in [2.24, 2.45) is 17.3 Å². The maximum Gasteiger partial charge on any atom is 0.183 e. The molecule has 1 aliphatic heterocycles. The van der Waals surface area contributed by atoms with Gasteiger partial charge in [0.15, 0.2) is 6.29 Å². The monoisotopic (exact) mass is 272 g/mol. The number of allylic oxidation sites excluding steroid dienone is 2. The van der Waals surface area contributed by atoms with E-state index in [-0.39, 0.29) is 11.7 Å². The Hall–Kier alpha value is -1.32. The van der Waals surface area contributed by atoms with Gasteiger partial charge in [0.1, 0.15) is 5.75 Å². The lowest BCUT2D eigenvalue weighted by atomic mass is 9.76. The highest BCUT2D eigenvalue weighted by Crippen LogP contribution is 2.54. The average Bonchev–Trinajstić information content (AvgIpc) is 3.09. The van der Waals surface area contributed by atoms with Gasteiger partial charge >= 0.3 is 0 Å². The fourth-order valence-electron chi connectivity index (χ4n) is 3.91. The summed E-state index contributed by atoms with van der Waals surface area (Å²) in [6.45, 7) is 1.63. The highest BCUT2D eigenvalue weighted by molar-refractivity contribution is 5.28. The lowest BCUT2D eigenvalue weighted by Crippen LogP contribution is -2.41. The lowest BCUT2D eigenvalue weighted by Gasteiger charge is -2.41. The summed E-state index contributed by atoms with van der Waals surface area (Å²) >= 11 is 0. The number of hydrogen-bond acceptors (Lipinski definition) is 3. The van der Waals surface area contributed by atoms with E-state index in [1.807, 2.05) is 24.3 Å². The third kappa shape index (κ3) is 1.88. The van der Waals surface area contributed by atoms with E-state index < -0.39 is 0 Å². The molecular formula is C17H20O3. The van der Waals surface area contributed by atoms with E-state index in [1.54, 1.807) is 7.11 Å². The molecule has 2 fully saturated rings. The number of hydrogen-bond donors (Lipinski definition) is 0. The number of benzene rings is 1. The molecular weight excluding hydrogens is 252 g/mol. The summed E-state index contributed by atoms with van der Waals surface area (Å²) in [7, 11) is 1.68. The van der Waals surface area contributed by atoms with Crippen LogP contribution in [0.3, 0.4) is 0 Å². The van der Waals surface area contributed by atoms with Gasteiger partial charge in [0.2, 0.25) is 0 Å². The SMILES string of the molecule is COc1ccc(C2OCC3(CO2)CC2C=CC3C2)cc1. The zero-order valence-corrected chi connectivity index (χ0v) is 11.7. The van der Waals surface area contributed by atoms with Crippen LogP contribution in [0, 0.1) is 17.3 Å². The molecule has 1 saturated heterocycles. The Morgan fingerprint density at radius 1 is 1.10 bits per heavy atom. The number of ether oxygens (including phenoxy) is 3. The molecule has 20 heavy (non-hydrogen) atoms. The van der Waals surface area contributed by atoms with Gasteiger partial charge in [0.05, 0.1) is 20.3 Å². The van der Waals surface area contributed by atoms with Crippen LogP contribution in [-0.4, -0.2) is 20.3 Å². The van der Waals surface area contributed by atoms with Crippen molar-refractivity contribution >= 4 is 0 Å². The molecule has 0 aromatic heterocycles. The number of methoxy groups -OCH3 is 1. The number of fused-ring (bicyclic) bond motifs is 3. The molecule has 1 saturated carbocycles. The maximum absolute atomic E-state index is 6.03. The van der Waals surface area contributed by atoms with Gasteiger partial charge in [-0.05, 0) is 36.8 Å². The molecule has 2 bridgehead atoms. The van der Waals surface area contributed by atoms with Crippen LogP contribution in [0.25, 0.3) is 0 Å². The second-order valence-corrected chi connectivity index (χ2v) is 6.28. The minimum atomic E-state index is -0.227. The zero-order chi connectivity index (χ0) is 13.6. The third-order valence-electron chi connectivity index (χ3n) is 5.06. The molecule has 2 unspecified atom stereocenters. The van der Waals surface area contributed by atoms with Crippen LogP contribution in [0.4, 0.5) is 0 Å². The van der Waals surface area contributed by atoms with Gasteiger partial charge in [0, 0.05) is 11.0 Å².